The van der Waals surface area contributed by atoms with Gasteiger partial charge in [0, 0.05) is 25.6 Å². The molecule has 1 unspecified atom stereocenters. The third-order valence-corrected chi connectivity index (χ3v) is 6.56. The van der Waals surface area contributed by atoms with E-state index in [1.165, 1.54) is 43.1 Å². The van der Waals surface area contributed by atoms with E-state index in [4.69, 9.17) is 0 Å². The number of alkyl halides is 2. The van der Waals surface area contributed by atoms with Crippen molar-refractivity contribution < 1.29 is 13.6 Å². The normalized spacial score (nSPS) is 29.4. The maximum Gasteiger partial charge on any atom is 0.260 e. The highest BCUT2D eigenvalue weighted by atomic mass is 19.3. The quantitative estimate of drug-likeness (QED) is 0.867. The van der Waals surface area contributed by atoms with Crippen molar-refractivity contribution >= 4 is 11.9 Å². The summed E-state index contributed by atoms with van der Waals surface area (Å²) in [5.74, 6) is 1.38. The molecule has 0 spiro atoms. The van der Waals surface area contributed by atoms with Crippen LogP contribution in [0.1, 0.15) is 63.8 Å². The second-order valence-electron chi connectivity index (χ2n) is 8.37. The summed E-state index contributed by atoms with van der Waals surface area (Å²) in [6.07, 6.45) is 7.81. The molecule has 1 aromatic rings. The molecule has 1 aliphatic carbocycles. The zero-order chi connectivity index (χ0) is 18.8. The van der Waals surface area contributed by atoms with Crippen LogP contribution in [-0.4, -0.2) is 51.1 Å². The van der Waals surface area contributed by atoms with Gasteiger partial charge in [0.05, 0.1) is 0 Å². The molecule has 3 heterocycles. The van der Waals surface area contributed by atoms with Gasteiger partial charge in [-0.1, -0.05) is 19.3 Å². The van der Waals surface area contributed by atoms with E-state index in [0.29, 0.717) is 31.3 Å². The first-order valence-corrected chi connectivity index (χ1v) is 10.3. The number of fused-ring (bicyclic) bond motifs is 1. The predicted molar refractivity (Wildman–Crippen MR) is 97.6 cm³/mol. The zero-order valence-corrected chi connectivity index (χ0v) is 15.7. The van der Waals surface area contributed by atoms with E-state index in [9.17, 15) is 13.6 Å². The maximum absolute atomic E-state index is 13.5. The van der Waals surface area contributed by atoms with Gasteiger partial charge < -0.3 is 10.2 Å². The van der Waals surface area contributed by atoms with E-state index in [2.05, 4.69) is 15.4 Å². The Balaban J connectivity index is 1.38. The number of aromatic nitrogens is 3. The van der Waals surface area contributed by atoms with Crippen LogP contribution < -0.4 is 5.32 Å². The van der Waals surface area contributed by atoms with Crippen LogP contribution in [0.5, 0.6) is 0 Å². The number of nitrogens with one attached hydrogen (secondary N) is 1. The third-order valence-electron chi connectivity index (χ3n) is 6.56. The van der Waals surface area contributed by atoms with E-state index in [1.54, 1.807) is 0 Å². The molecule has 1 amide bonds. The van der Waals surface area contributed by atoms with Gasteiger partial charge in [-0.2, -0.15) is 10.1 Å². The summed E-state index contributed by atoms with van der Waals surface area (Å²) in [6, 6.07) is -1.03. The van der Waals surface area contributed by atoms with Gasteiger partial charge in [0.25, 0.3) is 6.43 Å². The molecule has 150 valence electrons. The molecule has 1 saturated heterocycles. The minimum atomic E-state index is -2.47. The minimum absolute atomic E-state index is 0.0917. The molecular weight excluding hydrogens is 352 g/mol. The van der Waals surface area contributed by atoms with Crippen LogP contribution in [0.4, 0.5) is 14.7 Å². The first-order chi connectivity index (χ1) is 13.1. The lowest BCUT2D eigenvalue weighted by atomic mass is 9.84. The number of nitrogens with zero attached hydrogens (tertiary/aromatic N) is 4. The molecule has 0 aromatic carbocycles. The smallest absolute Gasteiger partial charge is 0.260 e. The second kappa shape index (κ2) is 8.10. The number of anilines is 1. The molecule has 2 fully saturated rings. The summed E-state index contributed by atoms with van der Waals surface area (Å²) in [5, 5.41) is 7.24. The van der Waals surface area contributed by atoms with Crippen LogP contribution in [0.3, 0.4) is 0 Å². The van der Waals surface area contributed by atoms with Crippen molar-refractivity contribution in [2.75, 3.05) is 18.4 Å². The summed E-state index contributed by atoms with van der Waals surface area (Å²) < 4.78 is 28.3. The summed E-state index contributed by atoms with van der Waals surface area (Å²) in [4.78, 5) is 18.8. The van der Waals surface area contributed by atoms with E-state index in [1.807, 2.05) is 4.90 Å². The van der Waals surface area contributed by atoms with Gasteiger partial charge in [0.15, 0.2) is 0 Å². The third kappa shape index (κ3) is 4.09. The van der Waals surface area contributed by atoms with Gasteiger partial charge in [-0.15, -0.1) is 0 Å². The lowest BCUT2D eigenvalue weighted by molar-refractivity contribution is -0.134. The van der Waals surface area contributed by atoms with Crippen molar-refractivity contribution in [3.05, 3.63) is 6.33 Å². The van der Waals surface area contributed by atoms with Gasteiger partial charge in [0.2, 0.25) is 11.9 Å². The molecule has 6 nitrogen and oxygen atoms in total. The number of amides is 1. The van der Waals surface area contributed by atoms with Crippen LogP contribution >= 0.6 is 0 Å². The Morgan fingerprint density at radius 1 is 1.22 bits per heavy atom. The van der Waals surface area contributed by atoms with Crippen molar-refractivity contribution in [1.82, 2.24) is 19.7 Å². The SMILES string of the molecule is O=C(CC1CCCCC1)N1CCCC([C@@H]2C[C@H](C(F)F)n3ncnc3N2)C1. The Labute approximate surface area is 158 Å². The number of rotatable bonds is 4. The van der Waals surface area contributed by atoms with Gasteiger partial charge in [0.1, 0.15) is 12.4 Å². The topological polar surface area (TPSA) is 63.1 Å². The number of carbonyl (C=O) groups is 1. The average molecular weight is 381 g/mol. The van der Waals surface area contributed by atoms with Crippen molar-refractivity contribution in [2.24, 2.45) is 11.8 Å². The van der Waals surface area contributed by atoms with Gasteiger partial charge in [-0.3, -0.25) is 4.79 Å². The fourth-order valence-electron chi connectivity index (χ4n) is 5.03. The molecule has 3 atom stereocenters. The zero-order valence-electron chi connectivity index (χ0n) is 15.7. The highest BCUT2D eigenvalue weighted by Gasteiger charge is 2.39. The molecule has 4 rings (SSSR count). The van der Waals surface area contributed by atoms with E-state index >= 15 is 0 Å². The highest BCUT2D eigenvalue weighted by Crippen LogP contribution is 2.35. The van der Waals surface area contributed by atoms with Crippen LogP contribution in [0.15, 0.2) is 6.33 Å². The van der Waals surface area contributed by atoms with Crippen molar-refractivity contribution in [1.29, 1.82) is 0 Å². The Morgan fingerprint density at radius 2 is 2.04 bits per heavy atom. The molecule has 8 heteroatoms. The van der Waals surface area contributed by atoms with Crippen molar-refractivity contribution in [3.8, 4) is 0 Å². The lowest BCUT2D eigenvalue weighted by Gasteiger charge is -2.41. The molecule has 3 aliphatic rings. The number of hydrogen-bond donors (Lipinski definition) is 1. The number of carbonyl (C=O) groups excluding carboxylic acids is 1. The second-order valence-corrected chi connectivity index (χ2v) is 8.37. The van der Waals surface area contributed by atoms with Crippen LogP contribution in [0.2, 0.25) is 0 Å². The fourth-order valence-corrected chi connectivity index (χ4v) is 5.03. The van der Waals surface area contributed by atoms with Crippen LogP contribution in [0, 0.1) is 11.8 Å². The molecule has 1 aromatic heterocycles. The molecule has 2 aliphatic heterocycles. The highest BCUT2D eigenvalue weighted by molar-refractivity contribution is 5.76. The van der Waals surface area contributed by atoms with Crippen molar-refractivity contribution in [3.63, 3.8) is 0 Å². The molecule has 0 bridgehead atoms. The van der Waals surface area contributed by atoms with Gasteiger partial charge >= 0.3 is 0 Å². The van der Waals surface area contributed by atoms with Crippen molar-refractivity contribution in [2.45, 2.75) is 76.3 Å². The van der Waals surface area contributed by atoms with Crippen LogP contribution in [-0.2, 0) is 4.79 Å². The first-order valence-electron chi connectivity index (χ1n) is 10.3. The number of piperidine rings is 1. The summed E-state index contributed by atoms with van der Waals surface area (Å²) in [7, 11) is 0. The molecular formula is C19H29F2N5O. The number of likely N-dealkylation sites (tertiary alicyclic amines) is 1. The van der Waals surface area contributed by atoms with E-state index < -0.39 is 12.5 Å². The van der Waals surface area contributed by atoms with Gasteiger partial charge in [-0.05, 0) is 43.9 Å². The Morgan fingerprint density at radius 3 is 2.81 bits per heavy atom. The molecule has 1 N–H and O–H groups in total. The standard InChI is InChI=1S/C19H29F2N5O/c20-18(21)16-10-15(24-19-22-12-23-26(16)19)14-7-4-8-25(11-14)17(27)9-13-5-2-1-3-6-13/h12-16,18H,1-11H2,(H,22,23,24)/t14?,15-,16+/m0/s1. The molecule has 0 radical (unpaired) electrons. The first kappa shape index (κ1) is 18.6. The monoisotopic (exact) mass is 381 g/mol. The minimum Gasteiger partial charge on any atom is -0.351 e. The molecule has 1 saturated carbocycles. The Kier molecular flexibility index (Phi) is 5.59. The summed E-state index contributed by atoms with van der Waals surface area (Å²) >= 11 is 0. The predicted octanol–water partition coefficient (Wildman–Crippen LogP) is 3.48. The Hall–Kier alpha value is -1.73. The summed E-state index contributed by atoms with van der Waals surface area (Å²) in [6.45, 7) is 1.45. The lowest BCUT2D eigenvalue weighted by Crippen LogP contribution is -2.48. The molecule has 27 heavy (non-hydrogen) atoms. The number of halogens is 2. The van der Waals surface area contributed by atoms with E-state index in [0.717, 1.165) is 19.4 Å². The maximum atomic E-state index is 13.5. The number of hydrogen-bond acceptors (Lipinski definition) is 4. The van der Waals surface area contributed by atoms with Gasteiger partial charge in [-0.25, -0.2) is 13.5 Å². The average Bonchev–Trinajstić information content (AvgIpc) is 3.16. The van der Waals surface area contributed by atoms with E-state index in [-0.39, 0.29) is 17.9 Å². The summed E-state index contributed by atoms with van der Waals surface area (Å²) in [5.41, 5.74) is 0. The fraction of sp³-hybridized carbons (Fsp3) is 0.842. The largest absolute Gasteiger partial charge is 0.351 e. The van der Waals surface area contributed by atoms with Crippen LogP contribution in [0.25, 0.3) is 0 Å². The Bertz CT molecular complexity index is 646.